The number of hydrogen-bond acceptors (Lipinski definition) is 45. The molecule has 28 N–H and O–H groups in total. The molecular formula is C64H108N4O45. The zero-order valence-electron chi connectivity index (χ0n) is 61.4. The average Bonchev–Trinajstić information content (AvgIpc) is 0.774. The first-order valence-corrected chi connectivity index (χ1v) is 36.1. The lowest BCUT2D eigenvalue weighted by molar-refractivity contribution is -0.383. The molecule has 8 saturated heterocycles. The molecule has 0 spiro atoms. The summed E-state index contributed by atoms with van der Waals surface area (Å²) in [6.45, 7) is -4.71. The van der Waals surface area contributed by atoms with Gasteiger partial charge in [-0.15, -0.1) is 0 Å². The minimum absolute atomic E-state index is 0.581. The summed E-state index contributed by atoms with van der Waals surface area (Å²) in [5.41, 5.74) is 0. The van der Waals surface area contributed by atoms with Crippen molar-refractivity contribution in [3.63, 3.8) is 0 Å². The quantitative estimate of drug-likeness (QED) is 0.0210. The summed E-state index contributed by atoms with van der Waals surface area (Å²) in [5.74, 6) is -4.37. The smallest absolute Gasteiger partial charge is 0.217 e. The van der Waals surface area contributed by atoms with Gasteiger partial charge in [0.05, 0.1) is 65.0 Å². The Labute approximate surface area is 642 Å². The third-order valence-corrected chi connectivity index (χ3v) is 20.0. The molecule has 0 aromatic carbocycles. The van der Waals surface area contributed by atoms with Crippen LogP contribution in [0.2, 0.25) is 0 Å². The second-order valence-electron chi connectivity index (χ2n) is 28.1. The van der Waals surface area contributed by atoms with Gasteiger partial charge >= 0.3 is 0 Å². The highest BCUT2D eigenvalue weighted by Gasteiger charge is 2.59. The van der Waals surface area contributed by atoms with E-state index in [1.807, 2.05) is 0 Å². The van der Waals surface area contributed by atoms with E-state index in [0.717, 1.165) is 27.7 Å². The van der Waals surface area contributed by atoms with Crippen LogP contribution in [0.3, 0.4) is 0 Å². The molecule has 0 saturated carbocycles. The highest BCUT2D eigenvalue weighted by atomic mass is 16.8. The summed E-state index contributed by atoms with van der Waals surface area (Å²) in [4.78, 5) is 50.8. The first-order valence-electron chi connectivity index (χ1n) is 36.1. The Morgan fingerprint density at radius 2 is 0.690 bits per heavy atom. The molecular weight excluding hydrogens is 1540 g/mol. The monoisotopic (exact) mass is 1650 g/mol. The predicted octanol–water partition coefficient (Wildman–Crippen LogP) is -17.3. The molecule has 49 nitrogen and oxygen atoms in total. The highest BCUT2D eigenvalue weighted by molar-refractivity contribution is 5.74. The third kappa shape index (κ3) is 22.5. The molecule has 0 aromatic heterocycles. The van der Waals surface area contributed by atoms with E-state index in [0.29, 0.717) is 6.08 Å². The fourth-order valence-electron chi connectivity index (χ4n) is 14.1. The molecule has 0 aromatic rings. The number of amides is 4. The number of aliphatic hydroxyl groups is 24. The average molecular weight is 1650 g/mol. The normalized spacial score (nSPS) is 45.2. The maximum atomic E-state index is 13.0. The zero-order valence-corrected chi connectivity index (χ0v) is 61.4. The number of ether oxygens (including phenoxy) is 17. The van der Waals surface area contributed by atoms with Crippen LogP contribution < -0.4 is 21.3 Å². The van der Waals surface area contributed by atoms with E-state index in [2.05, 4.69) is 21.3 Å². The van der Waals surface area contributed by atoms with E-state index < -0.39 is 360 Å². The molecule has 654 valence electrons. The van der Waals surface area contributed by atoms with Gasteiger partial charge in [0.25, 0.3) is 0 Å². The minimum Gasteiger partial charge on any atom is -0.510 e. The summed E-state index contributed by atoms with van der Waals surface area (Å²) in [7, 11) is 0. The first kappa shape index (κ1) is 94.3. The Morgan fingerprint density at radius 1 is 0.354 bits per heavy atom. The SMILES string of the molecule is CC(=O)NC1C(O)[C@H](O[C@@H]2OC(CO)[C@H](O)C(O)C2O)C(CO)O[C@H]1OCO[C@@H](/C=C(\O)[C@H](O)CCO)OC1C(O)[C@H](O[C@@H]2C(CO)O[C@@H](O[C@@H]3C(CO)O[C@@H](C)C(NC(C)=O)C3O)C(NC(C)=O)C2O)OC(CO[C@H]2OC(CO)[C@@H](O)C(O)C2O[C@@H]2OC(CO)[C@@H](O[C@@H]3OC(CO)[C@H](O)C(O)C3O)C(O)C2NC(C)=O)[C@H]1O. The molecule has 49 heteroatoms. The van der Waals surface area contributed by atoms with Crippen LogP contribution in [0.5, 0.6) is 0 Å². The molecule has 42 atom stereocenters. The van der Waals surface area contributed by atoms with E-state index >= 15 is 0 Å². The van der Waals surface area contributed by atoms with Crippen LogP contribution in [-0.2, 0) is 99.7 Å². The third-order valence-electron chi connectivity index (χ3n) is 20.0. The van der Waals surface area contributed by atoms with Crippen LogP contribution >= 0.6 is 0 Å². The number of carbonyl (C=O) groups excluding carboxylic acids is 4. The van der Waals surface area contributed by atoms with Crippen LogP contribution in [0.1, 0.15) is 41.0 Å². The van der Waals surface area contributed by atoms with Gasteiger partial charge in [-0.2, -0.15) is 0 Å². The second-order valence-corrected chi connectivity index (χ2v) is 28.1. The lowest BCUT2D eigenvalue weighted by atomic mass is 9.92. The molecule has 8 fully saturated rings. The van der Waals surface area contributed by atoms with Crippen LogP contribution in [0.25, 0.3) is 0 Å². The molecule has 8 rings (SSSR count). The number of carbonyl (C=O) groups is 4. The molecule has 8 heterocycles. The zero-order chi connectivity index (χ0) is 83.5. The largest absolute Gasteiger partial charge is 0.510 e. The maximum Gasteiger partial charge on any atom is 0.217 e. The van der Waals surface area contributed by atoms with E-state index in [9.17, 15) is 142 Å². The van der Waals surface area contributed by atoms with Crippen molar-refractivity contribution < 1.29 is 222 Å². The van der Waals surface area contributed by atoms with Gasteiger partial charge in [0.1, 0.15) is 201 Å². The predicted molar refractivity (Wildman–Crippen MR) is 354 cm³/mol. The van der Waals surface area contributed by atoms with Crippen molar-refractivity contribution in [3.8, 4) is 0 Å². The lowest BCUT2D eigenvalue weighted by Crippen LogP contribution is -2.70. The molecule has 0 aliphatic carbocycles. The van der Waals surface area contributed by atoms with Crippen molar-refractivity contribution in [1.82, 2.24) is 21.3 Å². The van der Waals surface area contributed by atoms with Crippen LogP contribution in [-0.4, -0.2) is 470 Å². The van der Waals surface area contributed by atoms with Gasteiger partial charge in [0, 0.05) is 46.8 Å². The molecule has 0 radical (unpaired) electrons. The van der Waals surface area contributed by atoms with Crippen LogP contribution in [0, 0.1) is 0 Å². The summed E-state index contributed by atoms with van der Waals surface area (Å²) >= 11 is 0. The standard InChI is InChI=1S/C64H108N4O45/c1-18-34(65-19(2)77)42(87)52(28(12-73)100-18)109-59-36(67-21(4)79)44(89)55(31(15-76)105-59)112-63-51(96)56(108-33(8-24(82)23(81)6-7-69)98-17-99-58-35(66-20(3)78)43(88)53(29(13-74)104-58)110-61-49(94)46(91)38(83)25(9-70)101-61)41(86)32(107-63)16-97-64-57(48(93)40(85)27(11-72)103-64)113-60-37(68-22(5)80)45(90)54(30(14-75)106-60)111-62-50(95)47(92)39(84)26(10-71)102-62/h8,18,23,25-64,69-76,81-96H,6-7,9-17H2,1-5H3,(H,65,77)(H,66,78)(H,67,79)(H,68,80)/b24-8-/t18-,23+,25?,26?,27?,28?,29?,30?,31?,32?,33+,34?,35?,36?,37?,38-,39-,40+,41+,42?,43?,44?,45?,46?,47?,48?,49?,50?,51?,52+,53+,54+,55+,56?,57?,58+,59-,60-,61-,62-,63-,64-/m0/s1. The Hall–Kier alpha value is -4.18. The van der Waals surface area contributed by atoms with Gasteiger partial charge in [-0.1, -0.05) is 0 Å². The first-order chi connectivity index (χ1) is 53.5. The van der Waals surface area contributed by atoms with Crippen molar-refractivity contribution in [1.29, 1.82) is 0 Å². The molecule has 24 unspecified atom stereocenters. The van der Waals surface area contributed by atoms with Crippen molar-refractivity contribution in [2.75, 3.05) is 66.3 Å². The van der Waals surface area contributed by atoms with E-state index in [1.54, 1.807) is 0 Å². The summed E-state index contributed by atoms with van der Waals surface area (Å²) in [6.07, 6.45) is -74.7. The van der Waals surface area contributed by atoms with E-state index in [1.165, 1.54) is 6.92 Å². The maximum absolute atomic E-state index is 13.0. The summed E-state index contributed by atoms with van der Waals surface area (Å²) < 4.78 is 101. The van der Waals surface area contributed by atoms with Gasteiger partial charge < -0.3 is 224 Å². The van der Waals surface area contributed by atoms with Crippen LogP contribution in [0.4, 0.5) is 0 Å². The fraction of sp³-hybridized carbons (Fsp3) is 0.906. The topological polar surface area (TPSA) is 759 Å². The summed E-state index contributed by atoms with van der Waals surface area (Å²) in [5, 5.41) is 273. The van der Waals surface area contributed by atoms with Crippen molar-refractivity contribution >= 4 is 23.6 Å². The van der Waals surface area contributed by atoms with E-state index in [4.69, 9.17) is 80.5 Å². The van der Waals surface area contributed by atoms with Crippen molar-refractivity contribution in [2.45, 2.75) is 299 Å². The summed E-state index contributed by atoms with van der Waals surface area (Å²) in [6, 6.07) is -6.69. The Kier molecular flexibility index (Phi) is 35.6. The Bertz CT molecular complexity index is 2980. The Balaban J connectivity index is 1.12. The van der Waals surface area contributed by atoms with Crippen LogP contribution in [0.15, 0.2) is 11.8 Å². The number of nitrogens with one attached hydrogen (secondary N) is 4. The van der Waals surface area contributed by atoms with Gasteiger partial charge in [-0.25, -0.2) is 0 Å². The van der Waals surface area contributed by atoms with Gasteiger partial charge in [-0.3, -0.25) is 19.2 Å². The molecule has 0 bridgehead atoms. The molecule has 4 amide bonds. The molecule has 8 aliphatic heterocycles. The fourth-order valence-corrected chi connectivity index (χ4v) is 14.1. The van der Waals surface area contributed by atoms with Gasteiger partial charge in [-0.05, 0) is 6.92 Å². The number of hydrogen-bond donors (Lipinski definition) is 28. The Morgan fingerprint density at radius 3 is 1.11 bits per heavy atom. The highest BCUT2D eigenvalue weighted by Crippen LogP contribution is 2.38. The lowest BCUT2D eigenvalue weighted by Gasteiger charge is -2.50. The molecule has 113 heavy (non-hydrogen) atoms. The second kappa shape index (κ2) is 42.7. The van der Waals surface area contributed by atoms with E-state index in [-0.39, 0.29) is 0 Å². The number of rotatable bonds is 34. The number of aliphatic hydroxyl groups excluding tert-OH is 24. The van der Waals surface area contributed by atoms with Gasteiger partial charge in [0.2, 0.25) is 23.6 Å². The van der Waals surface area contributed by atoms with Gasteiger partial charge in [0.15, 0.2) is 57.1 Å². The van der Waals surface area contributed by atoms with Crippen molar-refractivity contribution in [2.24, 2.45) is 0 Å². The van der Waals surface area contributed by atoms with Crippen molar-refractivity contribution in [3.05, 3.63) is 11.8 Å². The minimum atomic E-state index is -2.50. The molecule has 8 aliphatic rings.